The molecule has 17 heavy (non-hydrogen) atoms. The number of rotatable bonds is 5. The minimum Gasteiger partial charge on any atom is -0.469 e. The number of nitrogens with zero attached hydrogens (tertiary/aromatic N) is 1. The van der Waals surface area contributed by atoms with Crippen LogP contribution in [0.1, 0.15) is 26.2 Å². The summed E-state index contributed by atoms with van der Waals surface area (Å²) in [5, 5.41) is 0. The zero-order valence-corrected chi connectivity index (χ0v) is 10.6. The number of ether oxygens (including phenoxy) is 2. The molecular weight excluding hydrogens is 222 g/mol. The van der Waals surface area contributed by atoms with E-state index in [1.54, 1.807) is 0 Å². The molecule has 0 amide bonds. The summed E-state index contributed by atoms with van der Waals surface area (Å²) in [5.41, 5.74) is 0. The lowest BCUT2D eigenvalue weighted by molar-refractivity contribution is -0.149. The number of carbonyl (C=O) groups is 2. The third-order valence-electron chi connectivity index (χ3n) is 2.99. The first kappa shape index (κ1) is 14.0. The Labute approximate surface area is 102 Å². The summed E-state index contributed by atoms with van der Waals surface area (Å²) >= 11 is 0. The lowest BCUT2D eigenvalue weighted by Crippen LogP contribution is -2.40. The highest BCUT2D eigenvalue weighted by molar-refractivity contribution is 5.72. The lowest BCUT2D eigenvalue weighted by Gasteiger charge is -2.31. The van der Waals surface area contributed by atoms with Crippen LogP contribution in [0.5, 0.6) is 0 Å². The van der Waals surface area contributed by atoms with Gasteiger partial charge in [-0.3, -0.25) is 9.59 Å². The molecule has 5 nitrogen and oxygen atoms in total. The Kier molecular flexibility index (Phi) is 5.97. The number of esters is 2. The van der Waals surface area contributed by atoms with E-state index in [9.17, 15) is 9.59 Å². The molecule has 1 aliphatic rings. The van der Waals surface area contributed by atoms with Gasteiger partial charge >= 0.3 is 11.9 Å². The third-order valence-corrected chi connectivity index (χ3v) is 2.99. The van der Waals surface area contributed by atoms with Crippen molar-refractivity contribution in [2.45, 2.75) is 26.2 Å². The van der Waals surface area contributed by atoms with E-state index in [4.69, 9.17) is 4.74 Å². The smallest absolute Gasteiger partial charge is 0.310 e. The van der Waals surface area contributed by atoms with E-state index in [0.717, 1.165) is 19.4 Å². The Bertz CT molecular complexity index is 267. The third kappa shape index (κ3) is 4.73. The first-order chi connectivity index (χ1) is 8.17. The topological polar surface area (TPSA) is 55.8 Å². The van der Waals surface area contributed by atoms with Crippen LogP contribution in [-0.4, -0.2) is 50.2 Å². The van der Waals surface area contributed by atoms with Crippen LogP contribution in [0.3, 0.4) is 0 Å². The Balaban J connectivity index is 2.33. The second-order valence-electron chi connectivity index (χ2n) is 4.22. The van der Waals surface area contributed by atoms with Gasteiger partial charge in [-0.25, -0.2) is 0 Å². The van der Waals surface area contributed by atoms with Crippen LogP contribution in [0, 0.1) is 5.92 Å². The fraction of sp³-hybridized carbons (Fsp3) is 0.833. The highest BCUT2D eigenvalue weighted by Crippen LogP contribution is 2.18. The van der Waals surface area contributed by atoms with Crippen LogP contribution in [0.4, 0.5) is 0 Å². The monoisotopic (exact) mass is 243 g/mol. The van der Waals surface area contributed by atoms with Gasteiger partial charge in [0.15, 0.2) is 0 Å². The standard InChI is InChI=1S/C12H21NO4/c1-3-17-12(15)10-5-4-7-13(9-10)8-6-11(14)16-2/h10H,3-9H2,1-2H3/t10-/m1/s1. The minimum atomic E-state index is -0.205. The molecule has 0 N–H and O–H groups in total. The SMILES string of the molecule is CCOC(=O)[C@@H]1CCCN(CCC(=O)OC)C1. The summed E-state index contributed by atoms with van der Waals surface area (Å²) in [6, 6.07) is 0. The molecule has 1 rings (SSSR count). The molecule has 0 radical (unpaired) electrons. The zero-order chi connectivity index (χ0) is 12.7. The molecule has 1 aliphatic heterocycles. The molecule has 0 aromatic carbocycles. The first-order valence-corrected chi connectivity index (χ1v) is 6.13. The van der Waals surface area contributed by atoms with Crippen molar-refractivity contribution in [1.82, 2.24) is 4.90 Å². The van der Waals surface area contributed by atoms with Crippen LogP contribution in [-0.2, 0) is 19.1 Å². The maximum atomic E-state index is 11.6. The van der Waals surface area contributed by atoms with Gasteiger partial charge in [-0.2, -0.15) is 0 Å². The molecule has 1 saturated heterocycles. The molecule has 0 unspecified atom stereocenters. The van der Waals surface area contributed by atoms with E-state index in [1.807, 2.05) is 6.92 Å². The predicted octanol–water partition coefficient (Wildman–Crippen LogP) is 0.825. The number of hydrogen-bond acceptors (Lipinski definition) is 5. The van der Waals surface area contributed by atoms with Gasteiger partial charge in [0.1, 0.15) is 0 Å². The number of carbonyl (C=O) groups excluding carboxylic acids is 2. The largest absolute Gasteiger partial charge is 0.469 e. The van der Waals surface area contributed by atoms with Crippen molar-refractivity contribution >= 4 is 11.9 Å². The fourth-order valence-corrected chi connectivity index (χ4v) is 2.06. The number of hydrogen-bond donors (Lipinski definition) is 0. The second-order valence-corrected chi connectivity index (χ2v) is 4.22. The maximum Gasteiger partial charge on any atom is 0.310 e. The van der Waals surface area contributed by atoms with Gasteiger partial charge in [0.25, 0.3) is 0 Å². The van der Waals surface area contributed by atoms with Crippen LogP contribution < -0.4 is 0 Å². The van der Waals surface area contributed by atoms with E-state index in [1.165, 1.54) is 7.11 Å². The molecule has 0 aromatic heterocycles. The summed E-state index contributed by atoms with van der Waals surface area (Å²) in [5.74, 6) is -0.361. The minimum absolute atomic E-state index is 0.0404. The summed E-state index contributed by atoms with van der Waals surface area (Å²) in [6.07, 6.45) is 2.24. The van der Waals surface area contributed by atoms with Crippen LogP contribution in [0.15, 0.2) is 0 Å². The molecule has 1 heterocycles. The van der Waals surface area contributed by atoms with Crippen molar-refractivity contribution in [1.29, 1.82) is 0 Å². The Hall–Kier alpha value is -1.10. The molecule has 0 spiro atoms. The maximum absolute atomic E-state index is 11.6. The second kappa shape index (κ2) is 7.27. The molecule has 0 bridgehead atoms. The molecular formula is C12H21NO4. The van der Waals surface area contributed by atoms with Crippen molar-refractivity contribution < 1.29 is 19.1 Å². The van der Waals surface area contributed by atoms with Gasteiger partial charge in [0, 0.05) is 13.1 Å². The van der Waals surface area contributed by atoms with Gasteiger partial charge in [0.05, 0.1) is 26.1 Å². The van der Waals surface area contributed by atoms with E-state index in [2.05, 4.69) is 9.64 Å². The Morgan fingerprint density at radius 3 is 2.82 bits per heavy atom. The highest BCUT2D eigenvalue weighted by Gasteiger charge is 2.26. The summed E-state index contributed by atoms with van der Waals surface area (Å²) in [4.78, 5) is 24.8. The summed E-state index contributed by atoms with van der Waals surface area (Å²) < 4.78 is 9.62. The molecule has 1 fully saturated rings. The number of methoxy groups -OCH3 is 1. The molecule has 0 aromatic rings. The fourth-order valence-electron chi connectivity index (χ4n) is 2.06. The average Bonchev–Trinajstić information content (AvgIpc) is 2.36. The van der Waals surface area contributed by atoms with E-state index in [-0.39, 0.29) is 17.9 Å². The van der Waals surface area contributed by atoms with Crippen molar-refractivity contribution in [2.75, 3.05) is 33.4 Å². The van der Waals surface area contributed by atoms with Gasteiger partial charge in [-0.05, 0) is 26.3 Å². The van der Waals surface area contributed by atoms with Crippen LogP contribution >= 0.6 is 0 Å². The Morgan fingerprint density at radius 1 is 1.41 bits per heavy atom. The van der Waals surface area contributed by atoms with Gasteiger partial charge in [0.2, 0.25) is 0 Å². The number of likely N-dealkylation sites (tertiary alicyclic amines) is 1. The number of piperidine rings is 1. The van der Waals surface area contributed by atoms with E-state index < -0.39 is 0 Å². The molecule has 0 aliphatic carbocycles. The normalized spacial score (nSPS) is 20.9. The quantitative estimate of drug-likeness (QED) is 0.669. The lowest BCUT2D eigenvalue weighted by atomic mass is 9.98. The predicted molar refractivity (Wildman–Crippen MR) is 62.4 cm³/mol. The van der Waals surface area contributed by atoms with Gasteiger partial charge in [-0.15, -0.1) is 0 Å². The van der Waals surface area contributed by atoms with Crippen molar-refractivity contribution in [3.8, 4) is 0 Å². The molecule has 1 atom stereocenters. The average molecular weight is 243 g/mol. The summed E-state index contributed by atoms with van der Waals surface area (Å²) in [7, 11) is 1.39. The van der Waals surface area contributed by atoms with Crippen molar-refractivity contribution in [3.05, 3.63) is 0 Å². The molecule has 98 valence electrons. The van der Waals surface area contributed by atoms with Gasteiger partial charge < -0.3 is 14.4 Å². The van der Waals surface area contributed by atoms with Gasteiger partial charge in [-0.1, -0.05) is 0 Å². The van der Waals surface area contributed by atoms with Crippen molar-refractivity contribution in [3.63, 3.8) is 0 Å². The molecule has 5 heteroatoms. The summed E-state index contributed by atoms with van der Waals surface area (Å²) in [6.45, 7) is 4.53. The molecule has 0 saturated carbocycles. The zero-order valence-electron chi connectivity index (χ0n) is 10.6. The Morgan fingerprint density at radius 2 is 2.18 bits per heavy atom. The van der Waals surface area contributed by atoms with Crippen molar-refractivity contribution in [2.24, 2.45) is 5.92 Å². The first-order valence-electron chi connectivity index (χ1n) is 6.13. The van der Waals surface area contributed by atoms with Crippen LogP contribution in [0.2, 0.25) is 0 Å². The van der Waals surface area contributed by atoms with E-state index >= 15 is 0 Å². The van der Waals surface area contributed by atoms with E-state index in [0.29, 0.717) is 26.1 Å². The highest BCUT2D eigenvalue weighted by atomic mass is 16.5. The van der Waals surface area contributed by atoms with Crippen LogP contribution in [0.25, 0.3) is 0 Å².